The van der Waals surface area contributed by atoms with Gasteiger partial charge in [-0.2, -0.15) is 0 Å². The van der Waals surface area contributed by atoms with E-state index in [1.807, 2.05) is 12.1 Å². The number of amides is 3. The van der Waals surface area contributed by atoms with Gasteiger partial charge in [-0.25, -0.2) is 0 Å². The van der Waals surface area contributed by atoms with Crippen molar-refractivity contribution in [2.24, 2.45) is 0 Å². The lowest BCUT2D eigenvalue weighted by molar-refractivity contribution is -0.139. The first kappa shape index (κ1) is 16.5. The molecule has 0 aliphatic heterocycles. The van der Waals surface area contributed by atoms with E-state index in [4.69, 9.17) is 0 Å². The number of hydrogen-bond acceptors (Lipinski definition) is 3. The largest absolute Gasteiger partial charge is 0.345 e. The second kappa shape index (κ2) is 7.47. The van der Waals surface area contributed by atoms with Crippen LogP contribution in [0.3, 0.4) is 0 Å². The minimum absolute atomic E-state index is 0.103. The Kier molecular flexibility index (Phi) is 5.13. The Morgan fingerprint density at radius 2 is 1.46 bits per heavy atom. The average Bonchev–Trinajstić information content (AvgIpc) is 3.44. The van der Waals surface area contributed by atoms with E-state index in [0.717, 1.165) is 12.8 Å². The zero-order chi connectivity index (χ0) is 16.9. The van der Waals surface area contributed by atoms with Crippen LogP contribution >= 0.6 is 0 Å². The van der Waals surface area contributed by atoms with E-state index in [9.17, 15) is 14.4 Å². The predicted octanol–water partition coefficient (Wildman–Crippen LogP) is 1.77. The highest BCUT2D eigenvalue weighted by molar-refractivity contribution is 6.35. The fraction of sp³-hybridized carbons (Fsp3) is 0.500. The molecule has 0 bridgehead atoms. The molecule has 3 N–H and O–H groups in total. The van der Waals surface area contributed by atoms with E-state index in [-0.39, 0.29) is 6.04 Å². The number of hydrazine groups is 1. The Morgan fingerprint density at radius 1 is 0.792 bits per heavy atom. The van der Waals surface area contributed by atoms with Crippen molar-refractivity contribution >= 4 is 17.7 Å². The Bertz CT molecular complexity index is 617. The predicted molar refractivity (Wildman–Crippen MR) is 89.0 cm³/mol. The summed E-state index contributed by atoms with van der Waals surface area (Å²) in [7, 11) is 0. The van der Waals surface area contributed by atoms with Crippen LogP contribution in [0, 0.1) is 0 Å². The van der Waals surface area contributed by atoms with Crippen molar-refractivity contribution in [3.05, 3.63) is 35.4 Å². The first-order valence-electron chi connectivity index (χ1n) is 8.64. The molecule has 128 valence electrons. The molecule has 0 unspecified atom stereocenters. The van der Waals surface area contributed by atoms with Crippen LogP contribution in [0.5, 0.6) is 0 Å². The van der Waals surface area contributed by atoms with Gasteiger partial charge >= 0.3 is 11.8 Å². The molecule has 0 heterocycles. The Morgan fingerprint density at radius 3 is 2.08 bits per heavy atom. The molecule has 1 aromatic carbocycles. The third kappa shape index (κ3) is 4.34. The molecule has 1 aromatic rings. The molecular formula is C18H23N3O3. The standard InChI is InChI=1S/C18H23N3O3/c22-16(20-21-18(24)17(23)19-15-10-11-15)14-8-6-13(7-9-14)12-4-2-1-3-5-12/h6-9,12,15H,1-5,10-11H2,(H,19,23)(H,20,22)(H,21,24). The monoisotopic (exact) mass is 329 g/mol. The summed E-state index contributed by atoms with van der Waals surface area (Å²) < 4.78 is 0. The van der Waals surface area contributed by atoms with E-state index in [1.165, 1.54) is 37.7 Å². The van der Waals surface area contributed by atoms with E-state index in [2.05, 4.69) is 16.2 Å². The summed E-state index contributed by atoms with van der Waals surface area (Å²) in [6.45, 7) is 0. The summed E-state index contributed by atoms with van der Waals surface area (Å²) in [6.07, 6.45) is 8.06. The summed E-state index contributed by atoms with van der Waals surface area (Å²) in [5, 5.41) is 2.56. The second-order valence-electron chi connectivity index (χ2n) is 6.61. The topological polar surface area (TPSA) is 87.3 Å². The van der Waals surface area contributed by atoms with Crippen molar-refractivity contribution in [1.29, 1.82) is 0 Å². The van der Waals surface area contributed by atoms with Crippen LogP contribution in [0.15, 0.2) is 24.3 Å². The molecule has 2 aliphatic rings. The van der Waals surface area contributed by atoms with Gasteiger partial charge in [-0.3, -0.25) is 25.2 Å². The fourth-order valence-corrected chi connectivity index (χ4v) is 3.06. The van der Waals surface area contributed by atoms with Crippen LogP contribution in [0.25, 0.3) is 0 Å². The molecule has 6 heteroatoms. The number of rotatable bonds is 3. The smallest absolute Gasteiger partial charge is 0.327 e. The normalized spacial score (nSPS) is 17.8. The highest BCUT2D eigenvalue weighted by Crippen LogP contribution is 2.32. The molecular weight excluding hydrogens is 306 g/mol. The van der Waals surface area contributed by atoms with Gasteiger partial charge in [0, 0.05) is 11.6 Å². The van der Waals surface area contributed by atoms with Crippen molar-refractivity contribution in [2.45, 2.75) is 56.9 Å². The maximum absolute atomic E-state index is 12.0. The van der Waals surface area contributed by atoms with Gasteiger partial charge in [0.25, 0.3) is 5.91 Å². The number of carbonyl (C=O) groups is 3. The van der Waals surface area contributed by atoms with Gasteiger partial charge in [0.2, 0.25) is 0 Å². The maximum atomic E-state index is 12.0. The van der Waals surface area contributed by atoms with Crippen molar-refractivity contribution < 1.29 is 14.4 Å². The van der Waals surface area contributed by atoms with E-state index < -0.39 is 17.7 Å². The van der Waals surface area contributed by atoms with Crippen LogP contribution in [-0.2, 0) is 9.59 Å². The molecule has 6 nitrogen and oxygen atoms in total. The third-order valence-electron chi connectivity index (χ3n) is 4.66. The maximum Gasteiger partial charge on any atom is 0.327 e. The van der Waals surface area contributed by atoms with Crippen molar-refractivity contribution in [3.8, 4) is 0 Å². The number of nitrogens with one attached hydrogen (secondary N) is 3. The number of hydrogen-bond donors (Lipinski definition) is 3. The van der Waals surface area contributed by atoms with Crippen LogP contribution in [0.1, 0.15) is 66.8 Å². The SMILES string of the molecule is O=C(NNC(=O)c1ccc(C2CCCCC2)cc1)C(=O)NC1CC1. The molecule has 3 amide bonds. The number of benzene rings is 1. The molecule has 0 spiro atoms. The van der Waals surface area contributed by atoms with Crippen molar-refractivity contribution in [1.82, 2.24) is 16.2 Å². The summed E-state index contributed by atoms with van der Waals surface area (Å²) in [5.41, 5.74) is 6.13. The second-order valence-corrected chi connectivity index (χ2v) is 6.61. The zero-order valence-corrected chi connectivity index (χ0v) is 13.6. The molecule has 24 heavy (non-hydrogen) atoms. The molecule has 0 aromatic heterocycles. The summed E-state index contributed by atoms with van der Waals surface area (Å²) in [6, 6.07) is 7.58. The lowest BCUT2D eigenvalue weighted by Gasteiger charge is -2.22. The van der Waals surface area contributed by atoms with Crippen molar-refractivity contribution in [3.63, 3.8) is 0 Å². The van der Waals surface area contributed by atoms with Gasteiger partial charge in [0.05, 0.1) is 0 Å². The lowest BCUT2D eigenvalue weighted by atomic mass is 9.84. The molecule has 2 saturated carbocycles. The Labute approximate surface area is 141 Å². The first-order valence-corrected chi connectivity index (χ1v) is 8.64. The molecule has 3 rings (SSSR count). The number of carbonyl (C=O) groups excluding carboxylic acids is 3. The quantitative estimate of drug-likeness (QED) is 0.583. The van der Waals surface area contributed by atoms with E-state index in [1.54, 1.807) is 12.1 Å². The molecule has 0 atom stereocenters. The molecule has 2 fully saturated rings. The highest BCUT2D eigenvalue weighted by Gasteiger charge is 2.26. The molecule has 2 aliphatic carbocycles. The fourth-order valence-electron chi connectivity index (χ4n) is 3.06. The van der Waals surface area contributed by atoms with Crippen molar-refractivity contribution in [2.75, 3.05) is 0 Å². The summed E-state index contributed by atoms with van der Waals surface area (Å²) in [5.74, 6) is -1.42. The minimum Gasteiger partial charge on any atom is -0.345 e. The van der Waals surface area contributed by atoms with Crippen LogP contribution in [-0.4, -0.2) is 23.8 Å². The minimum atomic E-state index is -0.853. The van der Waals surface area contributed by atoms with Crippen LogP contribution in [0.4, 0.5) is 0 Å². The summed E-state index contributed by atoms with van der Waals surface area (Å²) in [4.78, 5) is 35.1. The Balaban J connectivity index is 1.49. The van der Waals surface area contributed by atoms with Crippen LogP contribution in [0.2, 0.25) is 0 Å². The van der Waals surface area contributed by atoms with Gasteiger partial charge in [-0.1, -0.05) is 31.4 Å². The van der Waals surface area contributed by atoms with Gasteiger partial charge in [0.15, 0.2) is 0 Å². The Hall–Kier alpha value is -2.37. The van der Waals surface area contributed by atoms with E-state index >= 15 is 0 Å². The third-order valence-corrected chi connectivity index (χ3v) is 4.66. The average molecular weight is 329 g/mol. The van der Waals surface area contributed by atoms with Gasteiger partial charge < -0.3 is 5.32 Å². The first-order chi connectivity index (χ1) is 11.6. The van der Waals surface area contributed by atoms with Gasteiger partial charge in [-0.15, -0.1) is 0 Å². The van der Waals surface area contributed by atoms with Crippen LogP contribution < -0.4 is 16.2 Å². The summed E-state index contributed by atoms with van der Waals surface area (Å²) >= 11 is 0. The molecule has 0 saturated heterocycles. The zero-order valence-electron chi connectivity index (χ0n) is 13.6. The molecule has 0 radical (unpaired) electrons. The van der Waals surface area contributed by atoms with E-state index in [0.29, 0.717) is 11.5 Å². The van der Waals surface area contributed by atoms with Gasteiger partial charge in [-0.05, 0) is 49.3 Å². The highest BCUT2D eigenvalue weighted by atomic mass is 16.2. The lowest BCUT2D eigenvalue weighted by Crippen LogP contribution is -2.48. The van der Waals surface area contributed by atoms with Gasteiger partial charge in [0.1, 0.15) is 0 Å².